The number of nitrogens with zero attached hydrogens (tertiary/aromatic N) is 2. The molecule has 0 fully saturated rings. The first-order valence-corrected chi connectivity index (χ1v) is 5.46. The third kappa shape index (κ3) is 2.52. The van der Waals surface area contributed by atoms with Crippen LogP contribution in [-0.4, -0.2) is 15.7 Å². The van der Waals surface area contributed by atoms with Crippen LogP contribution in [0.3, 0.4) is 0 Å². The standard InChI is InChI=1S/C10H10BrN3O2/c1-14-5-4-7(13-14)6-12-10(15)8-2-3-9(11)16-8/h2-5H,6H2,1H3,(H,12,15). The SMILES string of the molecule is Cn1ccc(CNC(=O)c2ccc(Br)o2)n1. The minimum absolute atomic E-state index is 0.253. The number of amides is 1. The Morgan fingerprint density at radius 1 is 1.56 bits per heavy atom. The lowest BCUT2D eigenvalue weighted by molar-refractivity contribution is 0.0921. The number of aryl methyl sites for hydroxylation is 1. The van der Waals surface area contributed by atoms with E-state index in [1.54, 1.807) is 16.8 Å². The van der Waals surface area contributed by atoms with Gasteiger partial charge in [-0.25, -0.2) is 0 Å². The molecular weight excluding hydrogens is 274 g/mol. The summed E-state index contributed by atoms with van der Waals surface area (Å²) in [5.41, 5.74) is 0.807. The van der Waals surface area contributed by atoms with Crippen molar-refractivity contribution in [3.63, 3.8) is 0 Å². The van der Waals surface area contributed by atoms with Crippen LogP contribution >= 0.6 is 15.9 Å². The third-order valence-corrected chi connectivity index (χ3v) is 2.42. The van der Waals surface area contributed by atoms with E-state index in [1.165, 1.54) is 0 Å². The lowest BCUT2D eigenvalue weighted by atomic mass is 10.4. The summed E-state index contributed by atoms with van der Waals surface area (Å²) in [6.45, 7) is 0.387. The molecule has 0 atom stereocenters. The van der Waals surface area contributed by atoms with Gasteiger partial charge in [0.1, 0.15) is 0 Å². The number of hydrogen-bond acceptors (Lipinski definition) is 3. The maximum absolute atomic E-state index is 11.6. The summed E-state index contributed by atoms with van der Waals surface area (Å²) < 4.78 is 7.34. The smallest absolute Gasteiger partial charge is 0.287 e. The summed E-state index contributed by atoms with van der Waals surface area (Å²) in [4.78, 5) is 11.6. The fraction of sp³-hybridized carbons (Fsp3) is 0.200. The molecule has 1 N–H and O–H groups in total. The normalized spacial score (nSPS) is 10.4. The average molecular weight is 284 g/mol. The highest BCUT2D eigenvalue weighted by molar-refractivity contribution is 9.10. The number of carbonyl (C=O) groups is 1. The zero-order chi connectivity index (χ0) is 11.5. The van der Waals surface area contributed by atoms with Gasteiger partial charge in [0.05, 0.1) is 12.2 Å². The monoisotopic (exact) mass is 283 g/mol. The van der Waals surface area contributed by atoms with E-state index in [1.807, 2.05) is 19.3 Å². The van der Waals surface area contributed by atoms with Crippen molar-refractivity contribution < 1.29 is 9.21 Å². The molecule has 2 heterocycles. The van der Waals surface area contributed by atoms with E-state index in [2.05, 4.69) is 26.3 Å². The number of aromatic nitrogens is 2. The summed E-state index contributed by atoms with van der Waals surface area (Å²) in [5.74, 6) is 0.0270. The fourth-order valence-electron chi connectivity index (χ4n) is 1.25. The summed E-state index contributed by atoms with van der Waals surface area (Å²) in [7, 11) is 1.83. The number of rotatable bonds is 3. The molecule has 0 unspecified atom stereocenters. The molecule has 0 aliphatic heterocycles. The summed E-state index contributed by atoms with van der Waals surface area (Å²) in [6, 6.07) is 5.13. The number of carbonyl (C=O) groups excluding carboxylic acids is 1. The molecule has 0 aliphatic carbocycles. The first-order chi connectivity index (χ1) is 7.65. The zero-order valence-electron chi connectivity index (χ0n) is 8.61. The zero-order valence-corrected chi connectivity index (χ0v) is 10.2. The predicted octanol–water partition coefficient (Wildman–Crippen LogP) is 1.71. The van der Waals surface area contributed by atoms with Gasteiger partial charge in [-0.05, 0) is 34.1 Å². The van der Waals surface area contributed by atoms with Crippen LogP contribution in [0.15, 0.2) is 33.5 Å². The molecule has 0 spiro atoms. The molecule has 0 radical (unpaired) electrons. The maximum Gasteiger partial charge on any atom is 0.287 e. The minimum Gasteiger partial charge on any atom is -0.444 e. The van der Waals surface area contributed by atoms with Crippen molar-refractivity contribution in [1.82, 2.24) is 15.1 Å². The van der Waals surface area contributed by atoms with Gasteiger partial charge >= 0.3 is 0 Å². The van der Waals surface area contributed by atoms with E-state index in [9.17, 15) is 4.79 Å². The Balaban J connectivity index is 1.93. The van der Waals surface area contributed by atoms with E-state index in [0.29, 0.717) is 11.2 Å². The van der Waals surface area contributed by atoms with Gasteiger partial charge in [0, 0.05) is 13.2 Å². The van der Waals surface area contributed by atoms with Gasteiger partial charge in [-0.15, -0.1) is 0 Å². The molecule has 2 aromatic rings. The van der Waals surface area contributed by atoms with Crippen LogP contribution in [0.1, 0.15) is 16.2 Å². The Hall–Kier alpha value is -1.56. The molecule has 16 heavy (non-hydrogen) atoms. The summed E-state index contributed by atoms with van der Waals surface area (Å²) in [5, 5.41) is 6.86. The van der Waals surface area contributed by atoms with Crippen LogP contribution in [0, 0.1) is 0 Å². The van der Waals surface area contributed by atoms with Crippen molar-refractivity contribution in [3.8, 4) is 0 Å². The quantitative estimate of drug-likeness (QED) is 0.933. The van der Waals surface area contributed by atoms with Crippen LogP contribution in [0.4, 0.5) is 0 Å². The van der Waals surface area contributed by atoms with Crippen molar-refractivity contribution in [2.24, 2.45) is 7.05 Å². The number of nitrogens with one attached hydrogen (secondary N) is 1. The maximum atomic E-state index is 11.6. The highest BCUT2D eigenvalue weighted by atomic mass is 79.9. The van der Waals surface area contributed by atoms with Gasteiger partial charge < -0.3 is 9.73 Å². The molecule has 0 saturated carbocycles. The second-order valence-electron chi connectivity index (χ2n) is 3.27. The Labute approximate surface area is 101 Å². The molecule has 2 aromatic heterocycles. The predicted molar refractivity (Wildman–Crippen MR) is 60.8 cm³/mol. The largest absolute Gasteiger partial charge is 0.444 e. The molecule has 5 nitrogen and oxygen atoms in total. The van der Waals surface area contributed by atoms with Crippen LogP contribution in [0.25, 0.3) is 0 Å². The van der Waals surface area contributed by atoms with Gasteiger partial charge in [-0.2, -0.15) is 5.10 Å². The van der Waals surface area contributed by atoms with E-state index in [0.717, 1.165) is 5.69 Å². The first kappa shape index (κ1) is 10.9. The third-order valence-electron chi connectivity index (χ3n) is 2.00. The van der Waals surface area contributed by atoms with Crippen LogP contribution < -0.4 is 5.32 Å². The van der Waals surface area contributed by atoms with Crippen molar-refractivity contribution >= 4 is 21.8 Å². The van der Waals surface area contributed by atoms with Crippen LogP contribution in [-0.2, 0) is 13.6 Å². The van der Waals surface area contributed by atoms with E-state index < -0.39 is 0 Å². The van der Waals surface area contributed by atoms with Crippen molar-refractivity contribution in [2.75, 3.05) is 0 Å². The van der Waals surface area contributed by atoms with E-state index in [4.69, 9.17) is 4.42 Å². The number of halogens is 1. The molecule has 1 amide bonds. The topological polar surface area (TPSA) is 60.1 Å². The lowest BCUT2D eigenvalue weighted by Gasteiger charge is -1.99. The molecule has 2 rings (SSSR count). The van der Waals surface area contributed by atoms with Crippen LogP contribution in [0.2, 0.25) is 0 Å². The summed E-state index contributed by atoms with van der Waals surface area (Å²) >= 11 is 3.14. The van der Waals surface area contributed by atoms with Gasteiger partial charge in [-0.3, -0.25) is 9.48 Å². The molecular formula is C10H10BrN3O2. The van der Waals surface area contributed by atoms with Crippen molar-refractivity contribution in [2.45, 2.75) is 6.54 Å². The summed E-state index contributed by atoms with van der Waals surface area (Å²) in [6.07, 6.45) is 1.82. The van der Waals surface area contributed by atoms with Gasteiger partial charge in [0.25, 0.3) is 5.91 Å². The number of furan rings is 1. The van der Waals surface area contributed by atoms with Crippen molar-refractivity contribution in [1.29, 1.82) is 0 Å². The Morgan fingerprint density at radius 3 is 2.94 bits per heavy atom. The lowest BCUT2D eigenvalue weighted by Crippen LogP contribution is -2.22. The van der Waals surface area contributed by atoms with Gasteiger partial charge in [0.15, 0.2) is 10.4 Å². The Kier molecular flexibility index (Phi) is 3.09. The first-order valence-electron chi connectivity index (χ1n) is 4.67. The molecule has 0 bridgehead atoms. The highest BCUT2D eigenvalue weighted by Crippen LogP contribution is 2.13. The average Bonchev–Trinajstić information content (AvgIpc) is 2.84. The van der Waals surface area contributed by atoms with Crippen LogP contribution in [0.5, 0.6) is 0 Å². The Bertz CT molecular complexity index is 504. The highest BCUT2D eigenvalue weighted by Gasteiger charge is 2.10. The molecule has 0 aliphatic rings. The molecule has 6 heteroatoms. The molecule has 0 saturated heterocycles. The number of hydrogen-bond donors (Lipinski definition) is 1. The fourth-order valence-corrected chi connectivity index (χ4v) is 1.56. The van der Waals surface area contributed by atoms with Crippen molar-refractivity contribution in [3.05, 3.63) is 40.5 Å². The molecule has 0 aromatic carbocycles. The second-order valence-corrected chi connectivity index (χ2v) is 4.05. The minimum atomic E-state index is -0.253. The Morgan fingerprint density at radius 2 is 2.38 bits per heavy atom. The van der Waals surface area contributed by atoms with Gasteiger partial charge in [-0.1, -0.05) is 0 Å². The van der Waals surface area contributed by atoms with E-state index >= 15 is 0 Å². The van der Waals surface area contributed by atoms with Gasteiger partial charge in [0.2, 0.25) is 0 Å². The second kappa shape index (κ2) is 4.52. The molecule has 84 valence electrons. The van der Waals surface area contributed by atoms with E-state index in [-0.39, 0.29) is 11.7 Å².